The summed E-state index contributed by atoms with van der Waals surface area (Å²) in [6.45, 7) is 3.25. The van der Waals surface area contributed by atoms with Crippen LogP contribution in [-0.4, -0.2) is 29.0 Å². The summed E-state index contributed by atoms with van der Waals surface area (Å²) in [5.41, 5.74) is 7.66. The number of likely N-dealkylation sites (N-methyl/N-ethyl adjacent to an activating group) is 1. The van der Waals surface area contributed by atoms with Crippen LogP contribution in [0, 0.1) is 5.92 Å². The maximum Gasteiger partial charge on any atom is 0.0271 e. The molecule has 1 aromatic heterocycles. The van der Waals surface area contributed by atoms with Crippen molar-refractivity contribution in [1.29, 1.82) is 0 Å². The Bertz CT molecular complexity index is 366. The van der Waals surface area contributed by atoms with Crippen molar-refractivity contribution in [3.05, 3.63) is 30.1 Å². The molecule has 1 fully saturated rings. The average molecular weight is 261 g/mol. The van der Waals surface area contributed by atoms with Crippen molar-refractivity contribution in [1.82, 2.24) is 9.88 Å². The molecule has 0 aliphatic heterocycles. The molecular weight excluding hydrogens is 234 g/mol. The number of hydrogen-bond donors (Lipinski definition) is 1. The quantitative estimate of drug-likeness (QED) is 0.886. The first-order chi connectivity index (χ1) is 9.20. The molecular formula is C16H27N3. The van der Waals surface area contributed by atoms with Crippen LogP contribution >= 0.6 is 0 Å². The lowest BCUT2D eigenvalue weighted by Crippen LogP contribution is -2.49. The molecule has 2 N–H and O–H groups in total. The van der Waals surface area contributed by atoms with E-state index in [1.165, 1.54) is 37.7 Å². The zero-order valence-electron chi connectivity index (χ0n) is 12.3. The lowest BCUT2D eigenvalue weighted by molar-refractivity contribution is 0.127. The summed E-state index contributed by atoms with van der Waals surface area (Å²) in [7, 11) is 2.21. The molecule has 3 nitrogen and oxygen atoms in total. The molecule has 1 aliphatic carbocycles. The summed E-state index contributed by atoms with van der Waals surface area (Å²) in [4.78, 5) is 6.51. The number of nitrogens with zero attached hydrogens (tertiary/aromatic N) is 2. The van der Waals surface area contributed by atoms with Gasteiger partial charge in [-0.1, -0.05) is 19.8 Å². The topological polar surface area (TPSA) is 42.1 Å². The Hall–Kier alpha value is -0.930. The summed E-state index contributed by atoms with van der Waals surface area (Å²) < 4.78 is 0. The average Bonchev–Trinajstić information content (AvgIpc) is 2.42. The third kappa shape index (κ3) is 4.02. The number of hydrogen-bond acceptors (Lipinski definition) is 3. The summed E-state index contributed by atoms with van der Waals surface area (Å²) in [6, 6.07) is 5.04. The minimum atomic E-state index is 0.333. The van der Waals surface area contributed by atoms with E-state index >= 15 is 0 Å². The van der Waals surface area contributed by atoms with Crippen LogP contribution in [0.5, 0.6) is 0 Å². The number of pyridine rings is 1. The van der Waals surface area contributed by atoms with E-state index in [1.54, 1.807) is 0 Å². The van der Waals surface area contributed by atoms with Crippen LogP contribution in [0.1, 0.15) is 44.6 Å². The van der Waals surface area contributed by atoms with Crippen LogP contribution in [0.25, 0.3) is 0 Å². The molecule has 0 saturated heterocycles. The molecule has 0 radical (unpaired) electrons. The standard InChI is InChI=1S/C16H27N3/c1-3-4-13-5-6-15(17)16(11-13)19(2)12-14-7-9-18-10-8-14/h7-10,13,15-16H,3-6,11-12,17H2,1-2H3. The number of aromatic nitrogens is 1. The molecule has 106 valence electrons. The molecule has 1 heterocycles. The van der Waals surface area contributed by atoms with Crippen molar-refractivity contribution in [3.8, 4) is 0 Å². The Morgan fingerprint density at radius 2 is 2.05 bits per heavy atom. The smallest absolute Gasteiger partial charge is 0.0271 e. The van der Waals surface area contributed by atoms with Gasteiger partial charge in [0, 0.05) is 31.0 Å². The van der Waals surface area contributed by atoms with E-state index in [0.717, 1.165) is 12.5 Å². The van der Waals surface area contributed by atoms with Crippen molar-refractivity contribution < 1.29 is 0 Å². The Kier molecular flexibility index (Phi) is 5.34. The van der Waals surface area contributed by atoms with Crippen molar-refractivity contribution in [2.75, 3.05) is 7.05 Å². The molecule has 1 aromatic rings. The normalized spacial score (nSPS) is 27.7. The number of nitrogens with two attached hydrogens (primary N) is 1. The second kappa shape index (κ2) is 7.01. The van der Waals surface area contributed by atoms with E-state index in [-0.39, 0.29) is 0 Å². The maximum absolute atomic E-state index is 6.34. The summed E-state index contributed by atoms with van der Waals surface area (Å²) in [6.07, 6.45) is 10.1. The summed E-state index contributed by atoms with van der Waals surface area (Å²) in [5, 5.41) is 0. The zero-order chi connectivity index (χ0) is 13.7. The molecule has 3 heteroatoms. The molecule has 0 bridgehead atoms. The molecule has 0 aromatic carbocycles. The minimum Gasteiger partial charge on any atom is -0.326 e. The van der Waals surface area contributed by atoms with E-state index in [0.29, 0.717) is 12.1 Å². The Labute approximate surface area is 117 Å². The van der Waals surface area contributed by atoms with Crippen LogP contribution in [0.2, 0.25) is 0 Å². The van der Waals surface area contributed by atoms with Gasteiger partial charge in [-0.25, -0.2) is 0 Å². The fourth-order valence-electron chi connectivity index (χ4n) is 3.33. The molecule has 0 spiro atoms. The predicted molar refractivity (Wildman–Crippen MR) is 79.7 cm³/mol. The fourth-order valence-corrected chi connectivity index (χ4v) is 3.33. The van der Waals surface area contributed by atoms with Gasteiger partial charge in [0.2, 0.25) is 0 Å². The van der Waals surface area contributed by atoms with Crippen LogP contribution in [0.4, 0.5) is 0 Å². The van der Waals surface area contributed by atoms with Gasteiger partial charge in [0.1, 0.15) is 0 Å². The van der Waals surface area contributed by atoms with Gasteiger partial charge in [-0.15, -0.1) is 0 Å². The van der Waals surface area contributed by atoms with E-state index in [2.05, 4.69) is 36.0 Å². The van der Waals surface area contributed by atoms with E-state index in [9.17, 15) is 0 Å². The Morgan fingerprint density at radius 3 is 2.74 bits per heavy atom. The van der Waals surface area contributed by atoms with Gasteiger partial charge in [-0.3, -0.25) is 9.88 Å². The highest BCUT2D eigenvalue weighted by Crippen LogP contribution is 2.30. The highest BCUT2D eigenvalue weighted by atomic mass is 15.1. The largest absolute Gasteiger partial charge is 0.326 e. The molecule has 1 aliphatic rings. The van der Waals surface area contributed by atoms with Crippen molar-refractivity contribution in [3.63, 3.8) is 0 Å². The molecule has 1 saturated carbocycles. The molecule has 3 unspecified atom stereocenters. The molecule has 3 atom stereocenters. The van der Waals surface area contributed by atoms with E-state index < -0.39 is 0 Å². The second-order valence-electron chi connectivity index (χ2n) is 5.97. The van der Waals surface area contributed by atoms with Crippen molar-refractivity contribution in [2.45, 2.75) is 57.7 Å². The van der Waals surface area contributed by atoms with Crippen LogP contribution < -0.4 is 5.73 Å². The third-order valence-electron chi connectivity index (χ3n) is 4.42. The van der Waals surface area contributed by atoms with Gasteiger partial charge in [0.15, 0.2) is 0 Å². The monoisotopic (exact) mass is 261 g/mol. The summed E-state index contributed by atoms with van der Waals surface area (Å²) in [5.74, 6) is 0.870. The Morgan fingerprint density at radius 1 is 1.32 bits per heavy atom. The van der Waals surface area contributed by atoms with Gasteiger partial charge >= 0.3 is 0 Å². The SMILES string of the molecule is CCCC1CCC(N)C(N(C)Cc2ccncc2)C1. The van der Waals surface area contributed by atoms with E-state index in [4.69, 9.17) is 5.73 Å². The molecule has 0 amide bonds. The first-order valence-corrected chi connectivity index (χ1v) is 7.55. The predicted octanol–water partition coefficient (Wildman–Crippen LogP) is 2.81. The van der Waals surface area contributed by atoms with Gasteiger partial charge in [0.25, 0.3) is 0 Å². The van der Waals surface area contributed by atoms with E-state index in [1.807, 2.05) is 12.4 Å². The van der Waals surface area contributed by atoms with Crippen LogP contribution in [0.3, 0.4) is 0 Å². The highest BCUT2D eigenvalue weighted by molar-refractivity contribution is 5.09. The van der Waals surface area contributed by atoms with Crippen molar-refractivity contribution in [2.24, 2.45) is 11.7 Å². The number of rotatable bonds is 5. The zero-order valence-corrected chi connectivity index (χ0v) is 12.3. The fraction of sp³-hybridized carbons (Fsp3) is 0.688. The lowest BCUT2D eigenvalue weighted by atomic mass is 9.80. The molecule has 19 heavy (non-hydrogen) atoms. The van der Waals surface area contributed by atoms with Gasteiger partial charge in [-0.2, -0.15) is 0 Å². The summed E-state index contributed by atoms with van der Waals surface area (Å²) >= 11 is 0. The second-order valence-corrected chi connectivity index (χ2v) is 5.97. The van der Waals surface area contributed by atoms with Crippen LogP contribution in [0.15, 0.2) is 24.5 Å². The minimum absolute atomic E-state index is 0.333. The van der Waals surface area contributed by atoms with Crippen molar-refractivity contribution >= 4 is 0 Å². The van der Waals surface area contributed by atoms with Gasteiger partial charge in [-0.05, 0) is 49.9 Å². The first-order valence-electron chi connectivity index (χ1n) is 7.55. The third-order valence-corrected chi connectivity index (χ3v) is 4.42. The molecule has 2 rings (SSSR count). The maximum atomic E-state index is 6.34. The first kappa shape index (κ1) is 14.5. The van der Waals surface area contributed by atoms with Gasteiger partial charge < -0.3 is 5.73 Å². The highest BCUT2D eigenvalue weighted by Gasteiger charge is 2.30. The van der Waals surface area contributed by atoms with Gasteiger partial charge in [0.05, 0.1) is 0 Å². The Balaban J connectivity index is 1.94. The lowest BCUT2D eigenvalue weighted by Gasteiger charge is -2.39. The van der Waals surface area contributed by atoms with Crippen LogP contribution in [-0.2, 0) is 6.54 Å².